The maximum absolute atomic E-state index is 13.8. The predicted molar refractivity (Wildman–Crippen MR) is 77.5 cm³/mol. The molecule has 1 saturated heterocycles. The highest BCUT2D eigenvalue weighted by molar-refractivity contribution is 5.19. The van der Waals surface area contributed by atoms with Crippen molar-refractivity contribution in [3.05, 3.63) is 35.4 Å². The summed E-state index contributed by atoms with van der Waals surface area (Å²) in [5.74, 6) is -1.48. The van der Waals surface area contributed by atoms with Gasteiger partial charge in [0.15, 0.2) is 11.6 Å². The molecule has 4 heteroatoms. The number of hydrogen-bond acceptors (Lipinski definition) is 2. The summed E-state index contributed by atoms with van der Waals surface area (Å²) in [7, 11) is 0. The Hall–Kier alpha value is -1.00. The van der Waals surface area contributed by atoms with Gasteiger partial charge in [-0.3, -0.25) is 4.90 Å². The predicted octanol–water partition coefficient (Wildman–Crippen LogP) is 3.32. The van der Waals surface area contributed by atoms with Crippen LogP contribution in [0.15, 0.2) is 18.2 Å². The van der Waals surface area contributed by atoms with Gasteiger partial charge in [-0.1, -0.05) is 25.5 Å². The van der Waals surface area contributed by atoms with Crippen LogP contribution in [0.1, 0.15) is 39.2 Å². The molecule has 1 aliphatic heterocycles. The van der Waals surface area contributed by atoms with E-state index in [1.165, 1.54) is 6.07 Å². The van der Waals surface area contributed by atoms with E-state index in [0.717, 1.165) is 25.9 Å². The lowest BCUT2D eigenvalue weighted by atomic mass is 9.95. The van der Waals surface area contributed by atoms with Crippen molar-refractivity contribution in [3.8, 4) is 0 Å². The Labute approximate surface area is 120 Å². The third-order valence-electron chi connectivity index (χ3n) is 4.15. The second-order valence-corrected chi connectivity index (χ2v) is 6.27. The topological polar surface area (TPSA) is 15.3 Å². The van der Waals surface area contributed by atoms with Gasteiger partial charge in [0.1, 0.15) is 0 Å². The Morgan fingerprint density at radius 2 is 2.10 bits per heavy atom. The lowest BCUT2D eigenvalue weighted by Gasteiger charge is -2.46. The molecular weight excluding hydrogens is 258 g/mol. The zero-order valence-corrected chi connectivity index (χ0v) is 12.5. The smallest absolute Gasteiger partial charge is 0.163 e. The first-order chi connectivity index (χ1) is 9.44. The number of halogens is 2. The van der Waals surface area contributed by atoms with E-state index in [1.807, 2.05) is 0 Å². The summed E-state index contributed by atoms with van der Waals surface area (Å²) in [6.45, 7) is 8.64. The summed E-state index contributed by atoms with van der Waals surface area (Å²) < 4.78 is 27.2. The molecule has 1 N–H and O–H groups in total. The van der Waals surface area contributed by atoms with Gasteiger partial charge >= 0.3 is 0 Å². The zero-order valence-electron chi connectivity index (χ0n) is 12.5. The molecule has 1 fully saturated rings. The molecule has 0 spiro atoms. The summed E-state index contributed by atoms with van der Waals surface area (Å²) in [4.78, 5) is 2.25. The Balaban J connectivity index is 2.14. The highest BCUT2D eigenvalue weighted by atomic mass is 19.2. The number of rotatable bonds is 4. The maximum atomic E-state index is 13.8. The maximum Gasteiger partial charge on any atom is 0.163 e. The summed E-state index contributed by atoms with van der Waals surface area (Å²) in [6.07, 6.45) is 2.23. The van der Waals surface area contributed by atoms with E-state index in [0.29, 0.717) is 18.2 Å². The first-order valence-electron chi connectivity index (χ1n) is 7.35. The van der Waals surface area contributed by atoms with Crippen molar-refractivity contribution in [3.63, 3.8) is 0 Å². The largest absolute Gasteiger partial charge is 0.311 e. The molecule has 0 aromatic heterocycles. The first-order valence-corrected chi connectivity index (χ1v) is 7.35. The van der Waals surface area contributed by atoms with Crippen LogP contribution in [0.3, 0.4) is 0 Å². The van der Waals surface area contributed by atoms with Crippen molar-refractivity contribution < 1.29 is 8.78 Å². The number of nitrogens with one attached hydrogen (secondary N) is 1. The monoisotopic (exact) mass is 282 g/mol. The van der Waals surface area contributed by atoms with E-state index in [9.17, 15) is 8.78 Å². The Bertz CT molecular complexity index is 460. The van der Waals surface area contributed by atoms with Gasteiger partial charge in [-0.15, -0.1) is 0 Å². The summed E-state index contributed by atoms with van der Waals surface area (Å²) in [6, 6.07) is 4.85. The van der Waals surface area contributed by atoms with Crippen LogP contribution < -0.4 is 5.32 Å². The number of hydrogen-bond donors (Lipinski definition) is 1. The molecule has 1 aromatic carbocycles. The first kappa shape index (κ1) is 15.4. The lowest BCUT2D eigenvalue weighted by molar-refractivity contribution is 0.0552. The van der Waals surface area contributed by atoms with Crippen LogP contribution in [0.5, 0.6) is 0 Å². The van der Waals surface area contributed by atoms with Crippen LogP contribution >= 0.6 is 0 Å². The molecule has 20 heavy (non-hydrogen) atoms. The molecule has 1 unspecified atom stereocenters. The van der Waals surface area contributed by atoms with Gasteiger partial charge in [0, 0.05) is 36.8 Å². The van der Waals surface area contributed by atoms with E-state index in [-0.39, 0.29) is 5.54 Å². The number of benzene rings is 1. The van der Waals surface area contributed by atoms with Gasteiger partial charge < -0.3 is 5.32 Å². The van der Waals surface area contributed by atoms with Crippen molar-refractivity contribution in [2.75, 3.05) is 13.1 Å². The SMILES string of the molecule is CCCC1CN(Cc2cccc(F)c2F)C(C)(C)CN1. The minimum atomic E-state index is -0.763. The highest BCUT2D eigenvalue weighted by Gasteiger charge is 2.33. The molecule has 1 atom stereocenters. The second kappa shape index (κ2) is 6.19. The van der Waals surface area contributed by atoms with E-state index in [1.54, 1.807) is 12.1 Å². The van der Waals surface area contributed by atoms with E-state index < -0.39 is 11.6 Å². The van der Waals surface area contributed by atoms with Gasteiger partial charge in [0.05, 0.1) is 0 Å². The van der Waals surface area contributed by atoms with Crippen LogP contribution in [0.2, 0.25) is 0 Å². The minimum Gasteiger partial charge on any atom is -0.311 e. The fourth-order valence-corrected chi connectivity index (χ4v) is 2.78. The molecule has 2 nitrogen and oxygen atoms in total. The molecule has 2 rings (SSSR count). The molecule has 1 aromatic rings. The van der Waals surface area contributed by atoms with Gasteiger partial charge in [0.25, 0.3) is 0 Å². The Morgan fingerprint density at radius 3 is 2.80 bits per heavy atom. The molecule has 0 amide bonds. The van der Waals surface area contributed by atoms with Crippen LogP contribution in [-0.2, 0) is 6.54 Å². The molecule has 112 valence electrons. The minimum absolute atomic E-state index is 0.0526. The number of nitrogens with zero attached hydrogens (tertiary/aromatic N) is 1. The average molecular weight is 282 g/mol. The van der Waals surface area contributed by atoms with Crippen molar-refractivity contribution in [2.45, 2.75) is 51.7 Å². The highest BCUT2D eigenvalue weighted by Crippen LogP contribution is 2.24. The molecular formula is C16H24F2N2. The van der Waals surface area contributed by atoms with Gasteiger partial charge in [-0.05, 0) is 26.3 Å². The fourth-order valence-electron chi connectivity index (χ4n) is 2.78. The van der Waals surface area contributed by atoms with Crippen molar-refractivity contribution in [1.29, 1.82) is 0 Å². The molecule has 1 heterocycles. The van der Waals surface area contributed by atoms with E-state index in [2.05, 4.69) is 31.0 Å². The third kappa shape index (κ3) is 3.36. The van der Waals surface area contributed by atoms with E-state index in [4.69, 9.17) is 0 Å². The summed E-state index contributed by atoms with van der Waals surface area (Å²) in [5.41, 5.74) is 0.387. The fraction of sp³-hybridized carbons (Fsp3) is 0.625. The van der Waals surface area contributed by atoms with Crippen molar-refractivity contribution >= 4 is 0 Å². The lowest BCUT2D eigenvalue weighted by Crippen LogP contribution is -2.61. The Morgan fingerprint density at radius 1 is 1.35 bits per heavy atom. The quantitative estimate of drug-likeness (QED) is 0.911. The van der Waals surface area contributed by atoms with E-state index >= 15 is 0 Å². The van der Waals surface area contributed by atoms with Crippen LogP contribution in [0.4, 0.5) is 8.78 Å². The van der Waals surface area contributed by atoms with Crippen LogP contribution in [-0.4, -0.2) is 29.6 Å². The molecule has 0 aliphatic carbocycles. The molecule has 0 bridgehead atoms. The standard InChI is InChI=1S/C16H24F2N2/c1-4-6-13-10-20(16(2,3)11-19-13)9-12-7-5-8-14(17)15(12)18/h5,7-8,13,19H,4,6,9-11H2,1-3H3. The van der Waals surface area contributed by atoms with Gasteiger partial charge in [0.2, 0.25) is 0 Å². The summed E-state index contributed by atoms with van der Waals surface area (Å²) in [5, 5.41) is 3.54. The van der Waals surface area contributed by atoms with Crippen LogP contribution in [0, 0.1) is 11.6 Å². The zero-order chi connectivity index (χ0) is 14.8. The van der Waals surface area contributed by atoms with Crippen LogP contribution in [0.25, 0.3) is 0 Å². The molecule has 0 radical (unpaired) electrons. The Kier molecular flexibility index (Phi) is 4.76. The molecule has 0 saturated carbocycles. The van der Waals surface area contributed by atoms with Crippen molar-refractivity contribution in [2.24, 2.45) is 0 Å². The molecule has 1 aliphatic rings. The van der Waals surface area contributed by atoms with Gasteiger partial charge in [-0.25, -0.2) is 8.78 Å². The van der Waals surface area contributed by atoms with Crippen molar-refractivity contribution in [1.82, 2.24) is 10.2 Å². The number of piperazine rings is 1. The third-order valence-corrected chi connectivity index (χ3v) is 4.15. The second-order valence-electron chi connectivity index (χ2n) is 6.27. The average Bonchev–Trinajstić information content (AvgIpc) is 2.39. The summed E-state index contributed by atoms with van der Waals surface area (Å²) >= 11 is 0. The normalized spacial score (nSPS) is 22.9. The van der Waals surface area contributed by atoms with Gasteiger partial charge in [-0.2, -0.15) is 0 Å².